The van der Waals surface area contributed by atoms with Gasteiger partial charge in [0.15, 0.2) is 0 Å². The Labute approximate surface area is 126 Å². The minimum atomic E-state index is 0.387. The third-order valence-electron chi connectivity index (χ3n) is 4.05. The molecule has 3 rings (SSSR count). The Kier molecular flexibility index (Phi) is 4.25. The van der Waals surface area contributed by atoms with Crippen molar-refractivity contribution >= 4 is 0 Å². The maximum absolute atomic E-state index is 5.24. The summed E-state index contributed by atoms with van der Waals surface area (Å²) in [4.78, 5) is 0. The molecule has 2 atom stereocenters. The van der Waals surface area contributed by atoms with Gasteiger partial charge in [-0.3, -0.25) is 4.68 Å². The van der Waals surface area contributed by atoms with Crippen LogP contribution < -0.4 is 10.1 Å². The molecule has 0 amide bonds. The highest BCUT2D eigenvalue weighted by molar-refractivity contribution is 5.30. The average molecular weight is 285 g/mol. The van der Waals surface area contributed by atoms with Crippen LogP contribution >= 0.6 is 0 Å². The first-order chi connectivity index (χ1) is 10.3. The van der Waals surface area contributed by atoms with E-state index in [4.69, 9.17) is 4.74 Å². The first-order valence-electron chi connectivity index (χ1n) is 7.63. The van der Waals surface area contributed by atoms with Gasteiger partial charge >= 0.3 is 0 Å². The van der Waals surface area contributed by atoms with Crippen LogP contribution in [-0.4, -0.2) is 22.9 Å². The van der Waals surface area contributed by atoms with Crippen molar-refractivity contribution in [3.63, 3.8) is 0 Å². The lowest BCUT2D eigenvalue weighted by molar-refractivity contribution is 0.374. The number of benzene rings is 1. The van der Waals surface area contributed by atoms with Crippen molar-refractivity contribution < 1.29 is 4.74 Å². The van der Waals surface area contributed by atoms with Gasteiger partial charge in [0, 0.05) is 24.5 Å². The molecule has 0 bridgehead atoms. The quantitative estimate of drug-likeness (QED) is 0.850. The van der Waals surface area contributed by atoms with Crippen LogP contribution in [0.2, 0.25) is 0 Å². The topological polar surface area (TPSA) is 39.1 Å². The summed E-state index contributed by atoms with van der Waals surface area (Å²) in [6.45, 7) is 3.12. The van der Waals surface area contributed by atoms with Gasteiger partial charge < -0.3 is 10.1 Å². The van der Waals surface area contributed by atoms with Crippen molar-refractivity contribution in [2.75, 3.05) is 7.11 Å². The van der Waals surface area contributed by atoms with Crippen molar-refractivity contribution in [2.45, 2.75) is 38.4 Å². The van der Waals surface area contributed by atoms with Gasteiger partial charge in [-0.05, 0) is 49.4 Å². The summed E-state index contributed by atoms with van der Waals surface area (Å²) in [5, 5.41) is 8.05. The second-order valence-electron chi connectivity index (χ2n) is 5.88. The Balaban J connectivity index is 1.66. The molecule has 1 aliphatic carbocycles. The molecule has 4 nitrogen and oxygen atoms in total. The summed E-state index contributed by atoms with van der Waals surface area (Å²) < 4.78 is 7.23. The Morgan fingerprint density at radius 1 is 1.33 bits per heavy atom. The molecule has 1 aliphatic rings. The number of rotatable bonds is 7. The lowest BCUT2D eigenvalue weighted by Crippen LogP contribution is -2.35. The Morgan fingerprint density at radius 2 is 2.10 bits per heavy atom. The van der Waals surface area contributed by atoms with Gasteiger partial charge in [-0.2, -0.15) is 5.10 Å². The Bertz CT molecular complexity index is 546. The third-order valence-corrected chi connectivity index (χ3v) is 4.05. The first kappa shape index (κ1) is 14.1. The van der Waals surface area contributed by atoms with Crippen LogP contribution in [0, 0.1) is 5.92 Å². The van der Waals surface area contributed by atoms with E-state index in [1.54, 1.807) is 7.11 Å². The van der Waals surface area contributed by atoms with E-state index in [0.717, 1.165) is 18.2 Å². The average Bonchev–Trinajstić information content (AvgIpc) is 3.23. The highest BCUT2D eigenvalue weighted by atomic mass is 16.5. The lowest BCUT2D eigenvalue weighted by atomic mass is 10.0. The molecule has 0 radical (unpaired) electrons. The molecule has 0 spiro atoms. The van der Waals surface area contributed by atoms with Crippen LogP contribution in [0.3, 0.4) is 0 Å². The largest absolute Gasteiger partial charge is 0.497 e. The fourth-order valence-electron chi connectivity index (χ4n) is 2.79. The summed E-state index contributed by atoms with van der Waals surface area (Å²) in [6.07, 6.45) is 6.47. The van der Waals surface area contributed by atoms with Gasteiger partial charge in [0.25, 0.3) is 0 Å². The Hall–Kier alpha value is -1.81. The molecule has 0 aliphatic heterocycles. The molecule has 1 aromatic carbocycles. The number of methoxy groups -OCH3 is 1. The van der Waals surface area contributed by atoms with Crippen LogP contribution in [0.4, 0.5) is 0 Å². The summed E-state index contributed by atoms with van der Waals surface area (Å²) in [6, 6.07) is 11.2. The number of hydrogen-bond donors (Lipinski definition) is 1. The number of hydrogen-bond acceptors (Lipinski definition) is 3. The predicted octanol–water partition coefficient (Wildman–Crippen LogP) is 3.02. The monoisotopic (exact) mass is 285 g/mol. The van der Waals surface area contributed by atoms with Gasteiger partial charge in [-0.1, -0.05) is 12.1 Å². The van der Waals surface area contributed by atoms with E-state index in [9.17, 15) is 0 Å². The van der Waals surface area contributed by atoms with Gasteiger partial charge in [-0.25, -0.2) is 0 Å². The highest BCUT2D eigenvalue weighted by Gasteiger charge is 2.32. The Morgan fingerprint density at radius 3 is 2.67 bits per heavy atom. The van der Waals surface area contributed by atoms with Crippen LogP contribution in [-0.2, 0) is 6.54 Å². The van der Waals surface area contributed by atoms with Crippen LogP contribution in [0.1, 0.15) is 31.4 Å². The minimum absolute atomic E-state index is 0.387. The van der Waals surface area contributed by atoms with E-state index >= 15 is 0 Å². The molecule has 1 saturated carbocycles. The molecular weight excluding hydrogens is 262 g/mol. The molecule has 21 heavy (non-hydrogen) atoms. The highest BCUT2D eigenvalue weighted by Crippen LogP contribution is 2.41. The van der Waals surface area contributed by atoms with Crippen LogP contribution in [0.15, 0.2) is 42.7 Å². The molecule has 2 aromatic rings. The normalized spacial score (nSPS) is 17.4. The minimum Gasteiger partial charge on any atom is -0.497 e. The standard InChI is InChI=1S/C17H23N3O/c1-13(12-20-11-3-10-18-20)19-17(14-4-5-14)15-6-8-16(21-2)9-7-15/h3,6-11,13-14,17,19H,4-5,12H2,1-2H3. The second kappa shape index (κ2) is 6.31. The van der Waals surface area contributed by atoms with Gasteiger partial charge in [0.1, 0.15) is 5.75 Å². The van der Waals surface area contributed by atoms with Crippen molar-refractivity contribution in [1.82, 2.24) is 15.1 Å². The summed E-state index contributed by atoms with van der Waals surface area (Å²) in [5.74, 6) is 1.68. The zero-order chi connectivity index (χ0) is 14.7. The molecule has 1 N–H and O–H groups in total. The maximum atomic E-state index is 5.24. The van der Waals surface area contributed by atoms with Crippen LogP contribution in [0.5, 0.6) is 5.75 Å². The smallest absolute Gasteiger partial charge is 0.118 e. The lowest BCUT2D eigenvalue weighted by Gasteiger charge is -2.24. The van der Waals surface area contributed by atoms with Crippen molar-refractivity contribution in [1.29, 1.82) is 0 Å². The van der Waals surface area contributed by atoms with Crippen LogP contribution in [0.25, 0.3) is 0 Å². The fraction of sp³-hybridized carbons (Fsp3) is 0.471. The molecule has 1 fully saturated rings. The zero-order valence-corrected chi connectivity index (χ0v) is 12.7. The van der Waals surface area contributed by atoms with Gasteiger partial charge in [-0.15, -0.1) is 0 Å². The maximum Gasteiger partial charge on any atom is 0.118 e. The van der Waals surface area contributed by atoms with E-state index in [1.807, 2.05) is 35.3 Å². The van der Waals surface area contributed by atoms with E-state index in [-0.39, 0.29) is 0 Å². The molecule has 1 aromatic heterocycles. The number of aromatic nitrogens is 2. The van der Waals surface area contributed by atoms with Gasteiger partial charge in [0.05, 0.1) is 13.7 Å². The fourth-order valence-corrected chi connectivity index (χ4v) is 2.79. The van der Waals surface area contributed by atoms with E-state index in [2.05, 4.69) is 29.5 Å². The first-order valence-corrected chi connectivity index (χ1v) is 7.63. The van der Waals surface area contributed by atoms with Gasteiger partial charge in [0.2, 0.25) is 0 Å². The molecule has 0 saturated heterocycles. The molecule has 1 heterocycles. The SMILES string of the molecule is COc1ccc(C(NC(C)Cn2cccn2)C2CC2)cc1. The molecule has 4 heteroatoms. The molecule has 2 unspecified atom stereocenters. The molecule has 112 valence electrons. The van der Waals surface area contributed by atoms with Crippen molar-refractivity contribution in [2.24, 2.45) is 5.92 Å². The number of nitrogens with one attached hydrogen (secondary N) is 1. The van der Waals surface area contributed by atoms with Crippen molar-refractivity contribution in [3.8, 4) is 5.75 Å². The van der Waals surface area contributed by atoms with E-state index < -0.39 is 0 Å². The van der Waals surface area contributed by atoms with E-state index in [1.165, 1.54) is 18.4 Å². The van der Waals surface area contributed by atoms with Crippen molar-refractivity contribution in [3.05, 3.63) is 48.3 Å². The number of ether oxygens (including phenoxy) is 1. The van der Waals surface area contributed by atoms with E-state index in [0.29, 0.717) is 12.1 Å². The predicted molar refractivity (Wildman–Crippen MR) is 83.3 cm³/mol. The number of nitrogens with zero attached hydrogens (tertiary/aromatic N) is 2. The summed E-state index contributed by atoms with van der Waals surface area (Å²) in [7, 11) is 1.71. The summed E-state index contributed by atoms with van der Waals surface area (Å²) >= 11 is 0. The molecular formula is C17H23N3O. The second-order valence-corrected chi connectivity index (χ2v) is 5.88. The zero-order valence-electron chi connectivity index (χ0n) is 12.7. The summed E-state index contributed by atoms with van der Waals surface area (Å²) in [5.41, 5.74) is 1.35. The third kappa shape index (κ3) is 3.64.